The molecule has 0 aliphatic heterocycles. The van der Waals surface area contributed by atoms with E-state index in [9.17, 15) is 0 Å². The van der Waals surface area contributed by atoms with Crippen molar-refractivity contribution >= 4 is 0 Å². The normalized spacial score (nSPS) is 10.0. The predicted molar refractivity (Wildman–Crippen MR) is 33.6 cm³/mol. The van der Waals surface area contributed by atoms with E-state index in [0.29, 0.717) is 0 Å². The maximum absolute atomic E-state index is 4.86. The topological polar surface area (TPSA) is 43.9 Å². The molecule has 2 heterocycles. The van der Waals surface area contributed by atoms with Crippen molar-refractivity contribution < 1.29 is 4.42 Å². The molecule has 2 aromatic rings. The highest BCUT2D eigenvalue weighted by molar-refractivity contribution is 5.24. The summed E-state index contributed by atoms with van der Waals surface area (Å²) in [5.41, 5.74) is 0.935. The molecule has 10 heavy (non-hydrogen) atoms. The van der Waals surface area contributed by atoms with Crippen LogP contribution in [-0.2, 0) is 0 Å². The average Bonchev–Trinajstić information content (AvgIpc) is 2.59. The van der Waals surface area contributed by atoms with Crippen LogP contribution in [0.3, 0.4) is 0 Å². The van der Waals surface area contributed by atoms with Crippen LogP contribution >= 0.6 is 0 Å². The van der Waals surface area contributed by atoms with Crippen LogP contribution in [0.15, 0.2) is 35.7 Å². The summed E-state index contributed by atoms with van der Waals surface area (Å²) in [6.07, 6.45) is 6.47. The van der Waals surface area contributed by atoms with Crippen molar-refractivity contribution in [1.29, 1.82) is 0 Å². The van der Waals surface area contributed by atoms with Gasteiger partial charge in [0.1, 0.15) is 18.9 Å². The van der Waals surface area contributed by atoms with Gasteiger partial charge in [0.2, 0.25) is 0 Å². The van der Waals surface area contributed by atoms with E-state index in [-0.39, 0.29) is 0 Å². The number of aromatic nitrogens is 3. The first-order valence-corrected chi connectivity index (χ1v) is 2.84. The second kappa shape index (κ2) is 1.98. The molecule has 0 aromatic carbocycles. The van der Waals surface area contributed by atoms with Crippen molar-refractivity contribution in [2.24, 2.45) is 0 Å². The molecule has 0 amide bonds. The standard InChI is InChI=1S/C6H5N3O/c1-2-10-3-6(1)9-4-7-8-5-9/h1-5H. The molecular formula is C6H5N3O. The molecule has 4 heteroatoms. The first-order valence-electron chi connectivity index (χ1n) is 2.84. The van der Waals surface area contributed by atoms with E-state index in [4.69, 9.17) is 4.42 Å². The summed E-state index contributed by atoms with van der Waals surface area (Å²) < 4.78 is 6.63. The molecule has 0 unspecified atom stereocenters. The van der Waals surface area contributed by atoms with Gasteiger partial charge in [-0.25, -0.2) is 0 Å². The van der Waals surface area contributed by atoms with Crippen molar-refractivity contribution in [2.75, 3.05) is 0 Å². The monoisotopic (exact) mass is 135 g/mol. The van der Waals surface area contributed by atoms with E-state index in [1.165, 1.54) is 0 Å². The Hall–Kier alpha value is -1.58. The lowest BCUT2D eigenvalue weighted by atomic mass is 10.5. The molecule has 50 valence electrons. The minimum absolute atomic E-state index is 0.935. The molecule has 0 radical (unpaired) electrons. The van der Waals surface area contributed by atoms with E-state index < -0.39 is 0 Å². The van der Waals surface area contributed by atoms with Gasteiger partial charge in [0.15, 0.2) is 0 Å². The fourth-order valence-corrected chi connectivity index (χ4v) is 0.738. The van der Waals surface area contributed by atoms with Gasteiger partial charge in [-0.05, 0) is 0 Å². The second-order valence-corrected chi connectivity index (χ2v) is 1.85. The molecule has 2 aromatic heterocycles. The fraction of sp³-hybridized carbons (Fsp3) is 0. The summed E-state index contributed by atoms with van der Waals surface area (Å²) in [5.74, 6) is 0. The lowest BCUT2D eigenvalue weighted by Crippen LogP contribution is -1.84. The number of hydrogen-bond donors (Lipinski definition) is 0. The molecule has 0 aliphatic rings. The minimum atomic E-state index is 0.935. The van der Waals surface area contributed by atoms with E-state index in [2.05, 4.69) is 10.2 Å². The van der Waals surface area contributed by atoms with Crippen molar-refractivity contribution in [1.82, 2.24) is 14.8 Å². The molecule has 0 N–H and O–H groups in total. The van der Waals surface area contributed by atoms with Crippen LogP contribution in [0, 0.1) is 0 Å². The second-order valence-electron chi connectivity index (χ2n) is 1.85. The molecule has 0 saturated carbocycles. The Balaban J connectivity index is 2.48. The SMILES string of the molecule is c1cc(-n2cnnc2)co1. The van der Waals surface area contributed by atoms with E-state index in [1.54, 1.807) is 29.7 Å². The molecule has 0 fully saturated rings. The van der Waals surface area contributed by atoms with Gasteiger partial charge in [-0.1, -0.05) is 0 Å². The maximum Gasteiger partial charge on any atom is 0.124 e. The van der Waals surface area contributed by atoms with Gasteiger partial charge in [0.25, 0.3) is 0 Å². The van der Waals surface area contributed by atoms with Gasteiger partial charge in [-0.3, -0.25) is 4.57 Å². The highest BCUT2D eigenvalue weighted by Crippen LogP contribution is 2.04. The Morgan fingerprint density at radius 2 is 2.10 bits per heavy atom. The number of hydrogen-bond acceptors (Lipinski definition) is 3. The Kier molecular flexibility index (Phi) is 1.04. The van der Waals surface area contributed by atoms with Gasteiger partial charge in [-0.2, -0.15) is 0 Å². The highest BCUT2D eigenvalue weighted by atomic mass is 16.3. The highest BCUT2D eigenvalue weighted by Gasteiger charge is 1.94. The third-order valence-corrected chi connectivity index (χ3v) is 1.22. The molecule has 0 aliphatic carbocycles. The molecule has 0 bridgehead atoms. The number of furan rings is 1. The molecule has 0 spiro atoms. The van der Waals surface area contributed by atoms with Gasteiger partial charge in [-0.15, -0.1) is 10.2 Å². The smallest absolute Gasteiger partial charge is 0.124 e. The minimum Gasteiger partial charge on any atom is -0.470 e. The van der Waals surface area contributed by atoms with Crippen LogP contribution in [0.1, 0.15) is 0 Å². The quantitative estimate of drug-likeness (QED) is 0.582. The lowest BCUT2D eigenvalue weighted by molar-refractivity contribution is 0.565. The average molecular weight is 135 g/mol. The number of rotatable bonds is 1. The Morgan fingerprint density at radius 1 is 1.30 bits per heavy atom. The molecule has 2 rings (SSSR count). The Labute approximate surface area is 57.1 Å². The third-order valence-electron chi connectivity index (χ3n) is 1.22. The first-order chi connectivity index (χ1) is 4.97. The summed E-state index contributed by atoms with van der Waals surface area (Å²) >= 11 is 0. The lowest BCUT2D eigenvalue weighted by Gasteiger charge is -1.89. The largest absolute Gasteiger partial charge is 0.470 e. The van der Waals surface area contributed by atoms with E-state index in [1.807, 2.05) is 6.07 Å². The van der Waals surface area contributed by atoms with Crippen molar-refractivity contribution in [3.63, 3.8) is 0 Å². The van der Waals surface area contributed by atoms with E-state index >= 15 is 0 Å². The zero-order valence-electron chi connectivity index (χ0n) is 5.14. The van der Waals surface area contributed by atoms with Gasteiger partial charge >= 0.3 is 0 Å². The summed E-state index contributed by atoms with van der Waals surface area (Å²) in [6, 6.07) is 1.84. The summed E-state index contributed by atoms with van der Waals surface area (Å²) in [6.45, 7) is 0. The Bertz CT molecular complexity index is 252. The predicted octanol–water partition coefficient (Wildman–Crippen LogP) is 0.860. The number of nitrogens with zero attached hydrogens (tertiary/aromatic N) is 3. The maximum atomic E-state index is 4.86. The summed E-state index contributed by atoms with van der Waals surface area (Å²) in [4.78, 5) is 0. The summed E-state index contributed by atoms with van der Waals surface area (Å²) in [5, 5.41) is 7.30. The van der Waals surface area contributed by atoms with Crippen LogP contribution in [-0.4, -0.2) is 14.8 Å². The van der Waals surface area contributed by atoms with Crippen LogP contribution in [0.5, 0.6) is 0 Å². The zero-order valence-corrected chi connectivity index (χ0v) is 5.14. The van der Waals surface area contributed by atoms with Gasteiger partial charge in [0.05, 0.1) is 12.0 Å². The molecular weight excluding hydrogens is 130 g/mol. The van der Waals surface area contributed by atoms with Crippen molar-refractivity contribution in [3.05, 3.63) is 31.2 Å². The Morgan fingerprint density at radius 3 is 2.70 bits per heavy atom. The van der Waals surface area contributed by atoms with Crippen molar-refractivity contribution in [2.45, 2.75) is 0 Å². The van der Waals surface area contributed by atoms with Crippen LogP contribution in [0.4, 0.5) is 0 Å². The van der Waals surface area contributed by atoms with Crippen LogP contribution < -0.4 is 0 Å². The fourth-order valence-electron chi connectivity index (χ4n) is 0.738. The van der Waals surface area contributed by atoms with E-state index in [0.717, 1.165) is 5.69 Å². The van der Waals surface area contributed by atoms with Crippen molar-refractivity contribution in [3.8, 4) is 5.69 Å². The third kappa shape index (κ3) is 0.699. The van der Waals surface area contributed by atoms with Gasteiger partial charge in [0, 0.05) is 6.07 Å². The zero-order chi connectivity index (χ0) is 6.81. The van der Waals surface area contributed by atoms with Gasteiger partial charge < -0.3 is 4.42 Å². The van der Waals surface area contributed by atoms with Crippen LogP contribution in [0.2, 0.25) is 0 Å². The van der Waals surface area contributed by atoms with Crippen LogP contribution in [0.25, 0.3) is 5.69 Å². The molecule has 0 atom stereocenters. The summed E-state index contributed by atoms with van der Waals surface area (Å²) in [7, 11) is 0. The first kappa shape index (κ1) is 5.22. The molecule has 0 saturated heterocycles. The molecule has 4 nitrogen and oxygen atoms in total.